The minimum atomic E-state index is 0.777. The monoisotopic (exact) mass is 276 g/mol. The van der Waals surface area contributed by atoms with Crippen molar-refractivity contribution in [3.05, 3.63) is 58.6 Å². The molecule has 82 valence electrons. The van der Waals surface area contributed by atoms with Crippen LogP contribution in [0.15, 0.2) is 53.0 Å². The summed E-state index contributed by atoms with van der Waals surface area (Å²) in [5, 5.41) is 3.31. The van der Waals surface area contributed by atoms with Crippen molar-refractivity contribution in [3.63, 3.8) is 0 Å². The minimum Gasteiger partial charge on any atom is -0.397 e. The van der Waals surface area contributed by atoms with Crippen LogP contribution >= 0.6 is 15.9 Å². The summed E-state index contributed by atoms with van der Waals surface area (Å²) in [4.78, 5) is 0. The minimum absolute atomic E-state index is 0.777. The molecule has 0 aromatic heterocycles. The fourth-order valence-corrected chi connectivity index (χ4v) is 1.72. The number of para-hydroxylation sites is 2. The van der Waals surface area contributed by atoms with Gasteiger partial charge in [-0.3, -0.25) is 0 Å². The number of hydrogen-bond acceptors (Lipinski definition) is 2. The average molecular weight is 277 g/mol. The van der Waals surface area contributed by atoms with Gasteiger partial charge in [-0.05, 0) is 29.8 Å². The third-order valence-corrected chi connectivity index (χ3v) is 2.89. The summed E-state index contributed by atoms with van der Waals surface area (Å²) >= 11 is 3.41. The zero-order chi connectivity index (χ0) is 11.4. The van der Waals surface area contributed by atoms with E-state index in [0.29, 0.717) is 0 Å². The highest BCUT2D eigenvalue weighted by Gasteiger charge is 1.97. The zero-order valence-electron chi connectivity index (χ0n) is 8.78. The van der Waals surface area contributed by atoms with E-state index in [0.717, 1.165) is 22.4 Å². The zero-order valence-corrected chi connectivity index (χ0v) is 10.4. The van der Waals surface area contributed by atoms with Crippen molar-refractivity contribution in [1.29, 1.82) is 0 Å². The SMILES string of the molecule is Nc1ccccc1NCc1ccc(Br)cc1. The van der Waals surface area contributed by atoms with E-state index < -0.39 is 0 Å². The lowest BCUT2D eigenvalue weighted by Gasteiger charge is -2.08. The number of anilines is 2. The molecule has 0 radical (unpaired) electrons. The summed E-state index contributed by atoms with van der Waals surface area (Å²) in [5.74, 6) is 0. The molecule has 2 aromatic rings. The molecule has 0 fully saturated rings. The van der Waals surface area contributed by atoms with Crippen molar-refractivity contribution in [2.24, 2.45) is 0 Å². The van der Waals surface area contributed by atoms with Crippen molar-refractivity contribution in [3.8, 4) is 0 Å². The van der Waals surface area contributed by atoms with Gasteiger partial charge < -0.3 is 11.1 Å². The number of nitrogen functional groups attached to an aromatic ring is 1. The molecule has 3 N–H and O–H groups in total. The van der Waals surface area contributed by atoms with Crippen LogP contribution in [0.2, 0.25) is 0 Å². The summed E-state index contributed by atoms with van der Waals surface area (Å²) < 4.78 is 1.09. The van der Waals surface area contributed by atoms with Gasteiger partial charge in [-0.15, -0.1) is 0 Å². The topological polar surface area (TPSA) is 38.0 Å². The van der Waals surface area contributed by atoms with Crippen LogP contribution < -0.4 is 11.1 Å². The summed E-state index contributed by atoms with van der Waals surface area (Å²) in [5.41, 5.74) is 8.82. The summed E-state index contributed by atoms with van der Waals surface area (Å²) in [6.07, 6.45) is 0. The van der Waals surface area contributed by atoms with Crippen LogP contribution in [-0.4, -0.2) is 0 Å². The molecular weight excluding hydrogens is 264 g/mol. The van der Waals surface area contributed by atoms with Crippen molar-refractivity contribution in [1.82, 2.24) is 0 Å². The Morgan fingerprint density at radius 1 is 1.00 bits per heavy atom. The second-order valence-electron chi connectivity index (χ2n) is 3.57. The first kappa shape index (κ1) is 11.0. The Bertz CT molecular complexity index is 466. The molecule has 3 heteroatoms. The van der Waals surface area contributed by atoms with Crippen LogP contribution in [0, 0.1) is 0 Å². The molecule has 0 saturated carbocycles. The summed E-state index contributed by atoms with van der Waals surface area (Å²) in [6.45, 7) is 0.779. The molecule has 0 atom stereocenters. The molecule has 2 rings (SSSR count). The van der Waals surface area contributed by atoms with Crippen molar-refractivity contribution < 1.29 is 0 Å². The number of benzene rings is 2. The molecule has 2 aromatic carbocycles. The summed E-state index contributed by atoms with van der Waals surface area (Å²) in [6, 6.07) is 16.0. The first-order valence-electron chi connectivity index (χ1n) is 5.08. The predicted octanol–water partition coefficient (Wildman–Crippen LogP) is 3.64. The van der Waals surface area contributed by atoms with Gasteiger partial charge in [-0.1, -0.05) is 40.2 Å². The van der Waals surface area contributed by atoms with Gasteiger partial charge in [0.1, 0.15) is 0 Å². The van der Waals surface area contributed by atoms with E-state index in [1.54, 1.807) is 0 Å². The molecule has 0 aliphatic heterocycles. The van der Waals surface area contributed by atoms with E-state index >= 15 is 0 Å². The molecule has 0 spiro atoms. The van der Waals surface area contributed by atoms with Crippen LogP contribution in [-0.2, 0) is 6.54 Å². The number of halogens is 1. The van der Waals surface area contributed by atoms with Crippen LogP contribution in [0.1, 0.15) is 5.56 Å². The van der Waals surface area contributed by atoms with E-state index in [1.807, 2.05) is 36.4 Å². The Morgan fingerprint density at radius 2 is 1.69 bits per heavy atom. The number of rotatable bonds is 3. The Kier molecular flexibility index (Phi) is 3.47. The average Bonchev–Trinajstić information content (AvgIpc) is 2.30. The van der Waals surface area contributed by atoms with Gasteiger partial charge in [0.25, 0.3) is 0 Å². The van der Waals surface area contributed by atoms with Crippen LogP contribution in [0.5, 0.6) is 0 Å². The molecule has 2 nitrogen and oxygen atoms in total. The molecule has 16 heavy (non-hydrogen) atoms. The number of hydrogen-bond donors (Lipinski definition) is 2. The normalized spacial score (nSPS) is 10.1. The fraction of sp³-hybridized carbons (Fsp3) is 0.0769. The van der Waals surface area contributed by atoms with E-state index in [1.165, 1.54) is 5.56 Å². The first-order chi connectivity index (χ1) is 7.75. The smallest absolute Gasteiger partial charge is 0.0576 e. The molecule has 0 aliphatic carbocycles. The standard InChI is InChI=1S/C13H13BrN2/c14-11-7-5-10(6-8-11)9-16-13-4-2-1-3-12(13)15/h1-8,16H,9,15H2. The van der Waals surface area contributed by atoms with Gasteiger partial charge in [0.2, 0.25) is 0 Å². The van der Waals surface area contributed by atoms with Crippen molar-refractivity contribution in [2.45, 2.75) is 6.54 Å². The Labute approximate surface area is 104 Å². The maximum atomic E-state index is 5.84. The van der Waals surface area contributed by atoms with E-state index in [9.17, 15) is 0 Å². The molecule has 0 unspecified atom stereocenters. The molecule has 0 aliphatic rings. The van der Waals surface area contributed by atoms with Gasteiger partial charge in [0.15, 0.2) is 0 Å². The lowest BCUT2D eigenvalue weighted by molar-refractivity contribution is 1.15. The first-order valence-corrected chi connectivity index (χ1v) is 5.88. The lowest BCUT2D eigenvalue weighted by atomic mass is 10.2. The molecular formula is C13H13BrN2. The quantitative estimate of drug-likeness (QED) is 0.840. The van der Waals surface area contributed by atoms with Crippen LogP contribution in [0.3, 0.4) is 0 Å². The summed E-state index contributed by atoms with van der Waals surface area (Å²) in [7, 11) is 0. The maximum Gasteiger partial charge on any atom is 0.0576 e. The highest BCUT2D eigenvalue weighted by molar-refractivity contribution is 9.10. The van der Waals surface area contributed by atoms with Gasteiger partial charge >= 0.3 is 0 Å². The van der Waals surface area contributed by atoms with E-state index in [2.05, 4.69) is 33.4 Å². The van der Waals surface area contributed by atoms with Crippen molar-refractivity contribution in [2.75, 3.05) is 11.1 Å². The van der Waals surface area contributed by atoms with E-state index in [4.69, 9.17) is 5.73 Å². The highest BCUT2D eigenvalue weighted by Crippen LogP contribution is 2.18. The van der Waals surface area contributed by atoms with Crippen LogP contribution in [0.4, 0.5) is 11.4 Å². The van der Waals surface area contributed by atoms with Crippen molar-refractivity contribution >= 4 is 27.3 Å². The number of nitrogens with two attached hydrogens (primary N) is 1. The van der Waals surface area contributed by atoms with Crippen LogP contribution in [0.25, 0.3) is 0 Å². The largest absolute Gasteiger partial charge is 0.397 e. The van der Waals surface area contributed by atoms with Gasteiger partial charge in [-0.25, -0.2) is 0 Å². The fourth-order valence-electron chi connectivity index (χ4n) is 1.46. The second kappa shape index (κ2) is 5.03. The Hall–Kier alpha value is -1.48. The maximum absolute atomic E-state index is 5.84. The molecule has 0 heterocycles. The van der Waals surface area contributed by atoms with Gasteiger partial charge in [-0.2, -0.15) is 0 Å². The van der Waals surface area contributed by atoms with Gasteiger partial charge in [0.05, 0.1) is 11.4 Å². The Balaban J connectivity index is 2.02. The van der Waals surface area contributed by atoms with E-state index in [-0.39, 0.29) is 0 Å². The highest BCUT2D eigenvalue weighted by atomic mass is 79.9. The predicted molar refractivity (Wildman–Crippen MR) is 72.3 cm³/mol. The Morgan fingerprint density at radius 3 is 2.38 bits per heavy atom. The third kappa shape index (κ3) is 2.76. The molecule has 0 saturated heterocycles. The molecule has 0 amide bonds. The second-order valence-corrected chi connectivity index (χ2v) is 4.48. The lowest BCUT2D eigenvalue weighted by Crippen LogP contribution is -2.01. The third-order valence-electron chi connectivity index (χ3n) is 2.36. The molecule has 0 bridgehead atoms. The number of nitrogens with one attached hydrogen (secondary N) is 1. The van der Waals surface area contributed by atoms with Gasteiger partial charge in [0, 0.05) is 11.0 Å².